The second kappa shape index (κ2) is 5.24. The molecule has 0 atom stereocenters. The Morgan fingerprint density at radius 2 is 1.76 bits per heavy atom. The zero-order valence-corrected chi connectivity index (χ0v) is 12.1. The highest BCUT2D eigenvalue weighted by molar-refractivity contribution is 5.82. The standard InChI is InChI=1S/C18H19N3/c1-2-6-15(7-3-1)14-21-18-9-8-17(12-16(18)13-19-21)20-10-4-5-11-20/h1-3,6-9,12-13H,4-5,10-11,14H2. The van der Waals surface area contributed by atoms with Crippen LogP contribution in [0.4, 0.5) is 5.69 Å². The molecule has 1 saturated heterocycles. The summed E-state index contributed by atoms with van der Waals surface area (Å²) in [5, 5.41) is 5.79. The monoisotopic (exact) mass is 277 g/mol. The molecular formula is C18H19N3. The van der Waals surface area contributed by atoms with Crippen LogP contribution >= 0.6 is 0 Å². The Morgan fingerprint density at radius 3 is 2.57 bits per heavy atom. The number of hydrogen-bond acceptors (Lipinski definition) is 2. The van der Waals surface area contributed by atoms with Crippen molar-refractivity contribution in [2.24, 2.45) is 0 Å². The SMILES string of the molecule is c1ccc(Cn2ncc3cc(N4CCCC4)ccc32)cc1. The predicted octanol–water partition coefficient (Wildman–Crippen LogP) is 3.68. The van der Waals surface area contributed by atoms with Crippen LogP contribution in [0.15, 0.2) is 54.7 Å². The highest BCUT2D eigenvalue weighted by atomic mass is 15.3. The van der Waals surface area contributed by atoms with E-state index in [0.717, 1.165) is 6.54 Å². The van der Waals surface area contributed by atoms with Gasteiger partial charge in [0.15, 0.2) is 0 Å². The lowest BCUT2D eigenvalue weighted by atomic mass is 10.2. The summed E-state index contributed by atoms with van der Waals surface area (Å²) < 4.78 is 2.08. The fraction of sp³-hybridized carbons (Fsp3) is 0.278. The Hall–Kier alpha value is -2.29. The molecule has 0 radical (unpaired) electrons. The normalized spacial score (nSPS) is 15.0. The summed E-state index contributed by atoms with van der Waals surface area (Å²) in [7, 11) is 0. The summed E-state index contributed by atoms with van der Waals surface area (Å²) in [4.78, 5) is 2.47. The number of hydrogen-bond donors (Lipinski definition) is 0. The van der Waals surface area contributed by atoms with Gasteiger partial charge >= 0.3 is 0 Å². The van der Waals surface area contributed by atoms with Crippen LogP contribution in [0.2, 0.25) is 0 Å². The maximum atomic E-state index is 4.56. The van der Waals surface area contributed by atoms with Crippen molar-refractivity contribution in [1.29, 1.82) is 0 Å². The molecule has 3 nitrogen and oxygen atoms in total. The van der Waals surface area contributed by atoms with E-state index < -0.39 is 0 Å². The van der Waals surface area contributed by atoms with Crippen molar-refractivity contribution in [1.82, 2.24) is 9.78 Å². The Bertz CT molecular complexity index is 740. The second-order valence-corrected chi connectivity index (χ2v) is 5.73. The molecule has 21 heavy (non-hydrogen) atoms. The fourth-order valence-corrected chi connectivity index (χ4v) is 3.13. The minimum absolute atomic E-state index is 0.827. The third kappa shape index (κ3) is 2.40. The smallest absolute Gasteiger partial charge is 0.0687 e. The zero-order chi connectivity index (χ0) is 14.1. The summed E-state index contributed by atoms with van der Waals surface area (Å²) >= 11 is 0. The maximum absolute atomic E-state index is 4.56. The molecule has 1 fully saturated rings. The third-order valence-corrected chi connectivity index (χ3v) is 4.27. The van der Waals surface area contributed by atoms with Crippen LogP contribution in [0.1, 0.15) is 18.4 Å². The first kappa shape index (κ1) is 12.5. The molecule has 106 valence electrons. The summed E-state index contributed by atoms with van der Waals surface area (Å²) in [6.45, 7) is 3.20. The molecule has 3 heteroatoms. The molecule has 1 aromatic heterocycles. The lowest BCUT2D eigenvalue weighted by molar-refractivity contribution is 0.712. The molecule has 0 spiro atoms. The molecule has 4 rings (SSSR count). The van der Waals surface area contributed by atoms with E-state index in [1.807, 2.05) is 12.3 Å². The van der Waals surface area contributed by atoms with Gasteiger partial charge in [-0.25, -0.2) is 0 Å². The quantitative estimate of drug-likeness (QED) is 0.728. The van der Waals surface area contributed by atoms with E-state index in [1.165, 1.54) is 48.1 Å². The van der Waals surface area contributed by atoms with E-state index in [0.29, 0.717) is 0 Å². The largest absolute Gasteiger partial charge is 0.372 e. The van der Waals surface area contributed by atoms with Crippen LogP contribution in [0.5, 0.6) is 0 Å². The fourth-order valence-electron chi connectivity index (χ4n) is 3.13. The van der Waals surface area contributed by atoms with Crippen molar-refractivity contribution in [2.75, 3.05) is 18.0 Å². The molecule has 3 aromatic rings. The van der Waals surface area contributed by atoms with Gasteiger partial charge in [-0.1, -0.05) is 30.3 Å². The Kier molecular flexibility index (Phi) is 3.11. The van der Waals surface area contributed by atoms with E-state index in [4.69, 9.17) is 0 Å². The lowest BCUT2D eigenvalue weighted by Crippen LogP contribution is -2.17. The topological polar surface area (TPSA) is 21.1 Å². The van der Waals surface area contributed by atoms with Gasteiger partial charge in [0, 0.05) is 24.2 Å². The average molecular weight is 277 g/mol. The van der Waals surface area contributed by atoms with Crippen molar-refractivity contribution in [3.8, 4) is 0 Å². The van der Waals surface area contributed by atoms with Gasteiger partial charge in [-0.15, -0.1) is 0 Å². The summed E-state index contributed by atoms with van der Waals surface area (Å²) in [6.07, 6.45) is 4.61. The highest BCUT2D eigenvalue weighted by Gasteiger charge is 2.13. The van der Waals surface area contributed by atoms with Gasteiger partial charge in [-0.05, 0) is 36.6 Å². The summed E-state index contributed by atoms with van der Waals surface area (Å²) in [6, 6.07) is 17.2. The van der Waals surface area contributed by atoms with Gasteiger partial charge in [-0.3, -0.25) is 4.68 Å². The molecule has 0 unspecified atom stereocenters. The zero-order valence-electron chi connectivity index (χ0n) is 12.1. The Morgan fingerprint density at radius 1 is 0.952 bits per heavy atom. The number of fused-ring (bicyclic) bond motifs is 1. The van der Waals surface area contributed by atoms with Gasteiger partial charge in [0.1, 0.15) is 0 Å². The van der Waals surface area contributed by atoms with Crippen molar-refractivity contribution in [2.45, 2.75) is 19.4 Å². The molecule has 2 aromatic carbocycles. The van der Waals surface area contributed by atoms with Crippen LogP contribution in [0, 0.1) is 0 Å². The number of anilines is 1. The molecule has 0 saturated carbocycles. The highest BCUT2D eigenvalue weighted by Crippen LogP contribution is 2.25. The molecule has 1 aliphatic heterocycles. The van der Waals surface area contributed by atoms with E-state index in [9.17, 15) is 0 Å². The number of aromatic nitrogens is 2. The van der Waals surface area contributed by atoms with E-state index in [2.05, 4.69) is 57.1 Å². The molecule has 0 aliphatic carbocycles. The minimum Gasteiger partial charge on any atom is -0.372 e. The van der Waals surface area contributed by atoms with Crippen molar-refractivity contribution >= 4 is 16.6 Å². The van der Waals surface area contributed by atoms with Crippen molar-refractivity contribution in [3.63, 3.8) is 0 Å². The van der Waals surface area contributed by atoms with Crippen LogP contribution in [0.25, 0.3) is 10.9 Å². The Balaban J connectivity index is 1.65. The van der Waals surface area contributed by atoms with Crippen molar-refractivity contribution < 1.29 is 0 Å². The second-order valence-electron chi connectivity index (χ2n) is 5.73. The third-order valence-electron chi connectivity index (χ3n) is 4.27. The number of benzene rings is 2. The molecule has 1 aliphatic rings. The van der Waals surface area contributed by atoms with E-state index >= 15 is 0 Å². The molecule has 0 amide bonds. The lowest BCUT2D eigenvalue weighted by Gasteiger charge is -2.17. The van der Waals surface area contributed by atoms with Gasteiger partial charge in [-0.2, -0.15) is 5.10 Å². The van der Waals surface area contributed by atoms with Crippen LogP contribution in [0.3, 0.4) is 0 Å². The molecule has 2 heterocycles. The molecule has 0 bridgehead atoms. The van der Waals surface area contributed by atoms with Crippen LogP contribution < -0.4 is 4.90 Å². The van der Waals surface area contributed by atoms with Crippen LogP contribution in [-0.4, -0.2) is 22.9 Å². The van der Waals surface area contributed by atoms with Crippen LogP contribution in [-0.2, 0) is 6.54 Å². The van der Waals surface area contributed by atoms with Gasteiger partial charge in [0.05, 0.1) is 18.3 Å². The summed E-state index contributed by atoms with van der Waals surface area (Å²) in [5.41, 5.74) is 3.83. The average Bonchev–Trinajstić information content (AvgIpc) is 3.18. The Labute approximate surface area is 124 Å². The number of nitrogens with zero attached hydrogens (tertiary/aromatic N) is 3. The van der Waals surface area contributed by atoms with E-state index in [1.54, 1.807) is 0 Å². The van der Waals surface area contributed by atoms with Crippen molar-refractivity contribution in [3.05, 3.63) is 60.3 Å². The van der Waals surface area contributed by atoms with Gasteiger partial charge < -0.3 is 4.90 Å². The molecular weight excluding hydrogens is 258 g/mol. The first-order chi connectivity index (χ1) is 10.4. The van der Waals surface area contributed by atoms with Gasteiger partial charge in [0.25, 0.3) is 0 Å². The predicted molar refractivity (Wildman–Crippen MR) is 86.7 cm³/mol. The van der Waals surface area contributed by atoms with E-state index in [-0.39, 0.29) is 0 Å². The first-order valence-corrected chi connectivity index (χ1v) is 7.65. The summed E-state index contributed by atoms with van der Waals surface area (Å²) in [5.74, 6) is 0. The minimum atomic E-state index is 0.827. The maximum Gasteiger partial charge on any atom is 0.0687 e. The first-order valence-electron chi connectivity index (χ1n) is 7.65. The number of rotatable bonds is 3. The van der Waals surface area contributed by atoms with Gasteiger partial charge in [0.2, 0.25) is 0 Å². The molecule has 0 N–H and O–H groups in total.